The van der Waals surface area contributed by atoms with Gasteiger partial charge in [-0.2, -0.15) is 5.10 Å². The van der Waals surface area contributed by atoms with Crippen molar-refractivity contribution in [1.82, 2.24) is 19.1 Å². The van der Waals surface area contributed by atoms with E-state index in [2.05, 4.69) is 21.0 Å². The Morgan fingerprint density at radius 2 is 2.04 bits per heavy atom. The lowest BCUT2D eigenvalue weighted by atomic mass is 9.89. The number of aryl methyl sites for hydroxylation is 1. The topological polar surface area (TPSA) is 68.8 Å². The van der Waals surface area contributed by atoms with Crippen LogP contribution in [0.2, 0.25) is 0 Å². The molecule has 7 nitrogen and oxygen atoms in total. The monoisotopic (exact) mass is 424 g/mol. The normalized spacial score (nSPS) is 21.2. The minimum Gasteiger partial charge on any atom is -0.444 e. The Bertz CT molecular complexity index is 896. The number of carbonyl (C=O) groups excluding carboxylic acids is 1. The van der Waals surface area contributed by atoms with Crippen molar-refractivity contribution in [3.63, 3.8) is 0 Å². The second-order valence-electron chi connectivity index (χ2n) is 7.95. The number of rotatable bonds is 1. The van der Waals surface area contributed by atoms with Crippen LogP contribution in [0.1, 0.15) is 52.1 Å². The molecule has 0 saturated carbocycles. The van der Waals surface area contributed by atoms with Crippen LogP contribution in [0.15, 0.2) is 21.5 Å². The van der Waals surface area contributed by atoms with E-state index < -0.39 is 5.60 Å². The summed E-state index contributed by atoms with van der Waals surface area (Å²) in [6.45, 7) is 8.23. The van der Waals surface area contributed by atoms with Gasteiger partial charge in [0.05, 0.1) is 5.69 Å². The first-order valence-corrected chi connectivity index (χ1v) is 9.61. The number of amides is 1. The highest BCUT2D eigenvalue weighted by molar-refractivity contribution is 9.10. The Balaban J connectivity index is 1.86. The summed E-state index contributed by atoms with van der Waals surface area (Å²) in [4.78, 5) is 26.5. The van der Waals surface area contributed by atoms with Crippen molar-refractivity contribution in [2.75, 3.05) is 6.54 Å². The molecule has 1 unspecified atom stereocenters. The number of carbonyl (C=O) groups is 1. The molecule has 0 aliphatic carbocycles. The Kier molecular flexibility index (Phi) is 4.90. The van der Waals surface area contributed by atoms with E-state index in [1.807, 2.05) is 38.3 Å². The maximum Gasteiger partial charge on any atom is 0.410 e. The van der Waals surface area contributed by atoms with Gasteiger partial charge in [-0.15, -0.1) is 0 Å². The van der Waals surface area contributed by atoms with Crippen LogP contribution >= 0.6 is 15.9 Å². The van der Waals surface area contributed by atoms with Gasteiger partial charge < -0.3 is 9.64 Å². The number of piperidine rings is 1. The third-order valence-corrected chi connectivity index (χ3v) is 5.16. The molecule has 2 atom stereocenters. The van der Waals surface area contributed by atoms with Gasteiger partial charge in [-0.3, -0.25) is 9.36 Å². The fourth-order valence-corrected chi connectivity index (χ4v) is 3.86. The van der Waals surface area contributed by atoms with Gasteiger partial charge in [0.25, 0.3) is 5.56 Å². The molecule has 0 radical (unpaired) electrons. The Morgan fingerprint density at radius 3 is 2.65 bits per heavy atom. The zero-order chi connectivity index (χ0) is 19.2. The fraction of sp³-hybridized carbons (Fsp3) is 0.611. The highest BCUT2D eigenvalue weighted by Gasteiger charge is 2.33. The summed E-state index contributed by atoms with van der Waals surface area (Å²) in [7, 11) is 1.74. The number of fused-ring (bicyclic) bond motifs is 1. The van der Waals surface area contributed by atoms with E-state index >= 15 is 0 Å². The van der Waals surface area contributed by atoms with E-state index in [4.69, 9.17) is 4.74 Å². The van der Waals surface area contributed by atoms with E-state index in [0.717, 1.165) is 24.2 Å². The fourth-order valence-electron chi connectivity index (χ4n) is 3.49. The van der Waals surface area contributed by atoms with Crippen LogP contribution < -0.4 is 5.56 Å². The first-order valence-electron chi connectivity index (χ1n) is 8.81. The molecule has 3 rings (SSSR count). The highest BCUT2D eigenvalue weighted by Crippen LogP contribution is 2.32. The van der Waals surface area contributed by atoms with E-state index in [1.54, 1.807) is 22.6 Å². The van der Waals surface area contributed by atoms with E-state index in [1.165, 1.54) is 0 Å². The van der Waals surface area contributed by atoms with Crippen LogP contribution in [0.4, 0.5) is 4.79 Å². The number of likely N-dealkylation sites (tertiary alicyclic amines) is 1. The van der Waals surface area contributed by atoms with Crippen LogP contribution in [0.5, 0.6) is 0 Å². The third kappa shape index (κ3) is 3.65. The molecule has 1 aliphatic heterocycles. The molecule has 0 bridgehead atoms. The molecule has 0 aromatic carbocycles. The Morgan fingerprint density at radius 1 is 1.35 bits per heavy atom. The second kappa shape index (κ2) is 6.72. The van der Waals surface area contributed by atoms with Crippen molar-refractivity contribution in [3.8, 4) is 0 Å². The van der Waals surface area contributed by atoms with Crippen molar-refractivity contribution in [2.24, 2.45) is 7.05 Å². The number of halogens is 1. The van der Waals surface area contributed by atoms with E-state index in [0.29, 0.717) is 11.1 Å². The SMILES string of the molecule is C[C@H]1CC(c2cc(=O)n(C)c3cc(Br)nn23)CCN1C(=O)OC(C)(C)C. The van der Waals surface area contributed by atoms with Crippen molar-refractivity contribution in [3.05, 3.63) is 32.8 Å². The molecule has 0 N–H and O–H groups in total. The first-order chi connectivity index (χ1) is 12.1. The molecule has 1 aliphatic rings. The van der Waals surface area contributed by atoms with E-state index in [9.17, 15) is 9.59 Å². The van der Waals surface area contributed by atoms with Crippen LogP contribution in [-0.4, -0.2) is 43.4 Å². The summed E-state index contributed by atoms with van der Waals surface area (Å²) in [5.41, 5.74) is 1.08. The number of ether oxygens (including phenoxy) is 1. The van der Waals surface area contributed by atoms with Gasteiger partial charge in [-0.1, -0.05) is 0 Å². The zero-order valence-electron chi connectivity index (χ0n) is 15.8. The lowest BCUT2D eigenvalue weighted by molar-refractivity contribution is 0.0102. The van der Waals surface area contributed by atoms with E-state index in [-0.39, 0.29) is 23.6 Å². The predicted molar refractivity (Wildman–Crippen MR) is 103 cm³/mol. The van der Waals surface area contributed by atoms with Gasteiger partial charge in [0, 0.05) is 37.7 Å². The molecule has 2 aromatic rings. The van der Waals surface area contributed by atoms with Gasteiger partial charge in [0.15, 0.2) is 0 Å². The lowest BCUT2D eigenvalue weighted by Crippen LogP contribution is -2.46. The molecular weight excluding hydrogens is 400 g/mol. The third-order valence-electron chi connectivity index (χ3n) is 4.77. The summed E-state index contributed by atoms with van der Waals surface area (Å²) >= 11 is 3.39. The molecule has 1 amide bonds. The largest absolute Gasteiger partial charge is 0.444 e. The molecule has 26 heavy (non-hydrogen) atoms. The summed E-state index contributed by atoms with van der Waals surface area (Å²) in [6.07, 6.45) is 1.25. The van der Waals surface area contributed by atoms with Crippen molar-refractivity contribution < 1.29 is 9.53 Å². The van der Waals surface area contributed by atoms with Crippen LogP contribution in [0.3, 0.4) is 0 Å². The van der Waals surface area contributed by atoms with Crippen LogP contribution in [0, 0.1) is 0 Å². The van der Waals surface area contributed by atoms with Gasteiger partial charge >= 0.3 is 6.09 Å². The van der Waals surface area contributed by atoms with Gasteiger partial charge in [0.2, 0.25) is 0 Å². The summed E-state index contributed by atoms with van der Waals surface area (Å²) in [5, 5.41) is 4.49. The van der Waals surface area contributed by atoms with Crippen LogP contribution in [-0.2, 0) is 11.8 Å². The molecule has 1 saturated heterocycles. The quantitative estimate of drug-likeness (QED) is 0.703. The average Bonchev–Trinajstić information content (AvgIpc) is 2.91. The minimum absolute atomic E-state index is 0.0294. The smallest absolute Gasteiger partial charge is 0.410 e. The lowest BCUT2D eigenvalue weighted by Gasteiger charge is -2.38. The molecule has 3 heterocycles. The Labute approximate surface area is 161 Å². The maximum absolute atomic E-state index is 12.4. The number of hydrogen-bond donors (Lipinski definition) is 0. The van der Waals surface area contributed by atoms with Gasteiger partial charge in [-0.25, -0.2) is 9.31 Å². The van der Waals surface area contributed by atoms with Crippen molar-refractivity contribution >= 4 is 27.7 Å². The molecule has 8 heteroatoms. The van der Waals surface area contributed by atoms with Gasteiger partial charge in [0.1, 0.15) is 15.9 Å². The minimum atomic E-state index is -0.507. The van der Waals surface area contributed by atoms with Crippen molar-refractivity contribution in [2.45, 2.75) is 58.1 Å². The zero-order valence-corrected chi connectivity index (χ0v) is 17.4. The average molecular weight is 425 g/mol. The maximum atomic E-state index is 12.4. The standard InChI is InChI=1S/C18H25BrN4O3/c1-11-8-12(6-7-22(11)17(25)26-18(2,3)4)13-9-16(24)21(5)15-10-14(19)20-23(13)15/h9-12H,6-8H2,1-5H3/t11-,12?/m0/s1. The highest BCUT2D eigenvalue weighted by atomic mass is 79.9. The Hall–Kier alpha value is -1.83. The molecular formula is C18H25BrN4O3. The second-order valence-corrected chi connectivity index (χ2v) is 8.76. The van der Waals surface area contributed by atoms with Crippen molar-refractivity contribution in [1.29, 1.82) is 0 Å². The molecule has 2 aromatic heterocycles. The molecule has 1 fully saturated rings. The van der Waals surface area contributed by atoms with Gasteiger partial charge in [-0.05, 0) is 56.5 Å². The predicted octanol–water partition coefficient (Wildman–Crippen LogP) is 3.30. The number of nitrogens with zero attached hydrogens (tertiary/aromatic N) is 4. The number of aromatic nitrogens is 3. The summed E-state index contributed by atoms with van der Waals surface area (Å²) in [5.74, 6) is 0.159. The molecule has 142 valence electrons. The number of hydrogen-bond acceptors (Lipinski definition) is 4. The first kappa shape index (κ1) is 18.9. The van der Waals surface area contributed by atoms with Crippen LogP contribution in [0.25, 0.3) is 5.65 Å². The molecule has 0 spiro atoms. The summed E-state index contributed by atoms with van der Waals surface area (Å²) in [6, 6.07) is 3.53. The summed E-state index contributed by atoms with van der Waals surface area (Å²) < 4.78 is 9.61.